The van der Waals surface area contributed by atoms with Gasteiger partial charge in [-0.2, -0.15) is 5.10 Å². The molecule has 0 spiro atoms. The molecule has 1 atom stereocenters. The quantitative estimate of drug-likeness (QED) is 0.888. The number of aromatic nitrogens is 2. The summed E-state index contributed by atoms with van der Waals surface area (Å²) in [6, 6.07) is 6.32. The van der Waals surface area contributed by atoms with Crippen molar-refractivity contribution in [1.29, 1.82) is 0 Å². The molecule has 0 saturated carbocycles. The predicted molar refractivity (Wildman–Crippen MR) is 83.6 cm³/mol. The minimum Gasteiger partial charge on any atom is -0.493 e. The molecule has 4 heteroatoms. The molecule has 21 heavy (non-hydrogen) atoms. The highest BCUT2D eigenvalue weighted by molar-refractivity contribution is 5.34. The molecular formula is C17H24N2O2. The van der Waals surface area contributed by atoms with Gasteiger partial charge in [0, 0.05) is 13.0 Å². The zero-order valence-electron chi connectivity index (χ0n) is 13.3. The first kappa shape index (κ1) is 15.6. The molecule has 0 aliphatic carbocycles. The van der Waals surface area contributed by atoms with Gasteiger partial charge in [-0.25, -0.2) is 0 Å². The molecule has 0 fully saturated rings. The largest absolute Gasteiger partial charge is 0.493 e. The zero-order chi connectivity index (χ0) is 15.4. The average Bonchev–Trinajstić information content (AvgIpc) is 2.86. The fraction of sp³-hybridized carbons (Fsp3) is 0.471. The van der Waals surface area contributed by atoms with Gasteiger partial charge in [0.1, 0.15) is 11.8 Å². The number of methoxy groups -OCH3 is 1. The van der Waals surface area contributed by atoms with E-state index in [4.69, 9.17) is 4.74 Å². The van der Waals surface area contributed by atoms with Gasteiger partial charge < -0.3 is 9.84 Å². The Balaban J connectivity index is 2.29. The molecule has 1 heterocycles. The Morgan fingerprint density at radius 1 is 1.33 bits per heavy atom. The minimum atomic E-state index is -0.616. The summed E-state index contributed by atoms with van der Waals surface area (Å²) < 4.78 is 7.18. The van der Waals surface area contributed by atoms with E-state index in [2.05, 4.69) is 44.1 Å². The predicted octanol–water partition coefficient (Wildman–Crippen LogP) is 3.19. The maximum atomic E-state index is 10.7. The number of nitrogens with zero attached hydrogens (tertiary/aromatic N) is 2. The molecule has 4 nitrogen and oxygen atoms in total. The lowest BCUT2D eigenvalue weighted by Gasteiger charge is -2.16. The van der Waals surface area contributed by atoms with Gasteiger partial charge in [-0.1, -0.05) is 30.7 Å². The van der Waals surface area contributed by atoms with E-state index in [0.717, 1.165) is 24.2 Å². The van der Waals surface area contributed by atoms with Crippen molar-refractivity contribution in [3.63, 3.8) is 0 Å². The Bertz CT molecular complexity index is 605. The lowest BCUT2D eigenvalue weighted by molar-refractivity contribution is 0.162. The lowest BCUT2D eigenvalue weighted by atomic mass is 9.98. The molecular weight excluding hydrogens is 264 g/mol. The standard InChI is InChI=1S/C17H24N2O2/c1-5-8-19-17(16(21-4)11-18-19)15(20)10-14-9-12(2)6-7-13(14)3/h6-7,9,11,15,20H,5,8,10H2,1-4H3. The van der Waals surface area contributed by atoms with E-state index in [9.17, 15) is 5.11 Å². The Labute approximate surface area is 126 Å². The zero-order valence-corrected chi connectivity index (χ0v) is 13.3. The van der Waals surface area contributed by atoms with E-state index in [1.165, 1.54) is 11.1 Å². The van der Waals surface area contributed by atoms with E-state index in [-0.39, 0.29) is 0 Å². The molecule has 0 aliphatic heterocycles. The van der Waals surface area contributed by atoms with E-state index >= 15 is 0 Å². The van der Waals surface area contributed by atoms with E-state index in [1.54, 1.807) is 13.3 Å². The van der Waals surface area contributed by atoms with Crippen molar-refractivity contribution in [1.82, 2.24) is 9.78 Å². The van der Waals surface area contributed by atoms with Gasteiger partial charge in [-0.05, 0) is 31.4 Å². The summed E-state index contributed by atoms with van der Waals surface area (Å²) in [5, 5.41) is 15.0. The molecule has 0 radical (unpaired) electrons. The number of aliphatic hydroxyl groups excluding tert-OH is 1. The van der Waals surface area contributed by atoms with Crippen LogP contribution in [0.1, 0.15) is 41.8 Å². The van der Waals surface area contributed by atoms with Crippen LogP contribution in [0.2, 0.25) is 0 Å². The maximum Gasteiger partial charge on any atom is 0.162 e. The molecule has 1 aromatic carbocycles. The van der Waals surface area contributed by atoms with Crippen LogP contribution in [0.25, 0.3) is 0 Å². The van der Waals surface area contributed by atoms with Crippen LogP contribution in [0, 0.1) is 13.8 Å². The van der Waals surface area contributed by atoms with Crippen molar-refractivity contribution >= 4 is 0 Å². The highest BCUT2D eigenvalue weighted by Crippen LogP contribution is 2.28. The highest BCUT2D eigenvalue weighted by atomic mass is 16.5. The van der Waals surface area contributed by atoms with Crippen molar-refractivity contribution < 1.29 is 9.84 Å². The van der Waals surface area contributed by atoms with Crippen molar-refractivity contribution in [2.75, 3.05) is 7.11 Å². The first-order valence-corrected chi connectivity index (χ1v) is 7.40. The summed E-state index contributed by atoms with van der Waals surface area (Å²) in [5.74, 6) is 0.654. The fourth-order valence-electron chi connectivity index (χ4n) is 2.59. The van der Waals surface area contributed by atoms with Crippen molar-refractivity contribution in [2.45, 2.75) is 46.3 Å². The van der Waals surface area contributed by atoms with E-state index in [0.29, 0.717) is 12.2 Å². The fourth-order valence-corrected chi connectivity index (χ4v) is 2.59. The lowest BCUT2D eigenvalue weighted by Crippen LogP contribution is -2.12. The monoisotopic (exact) mass is 288 g/mol. The number of hydrogen-bond donors (Lipinski definition) is 1. The number of hydrogen-bond acceptors (Lipinski definition) is 3. The van der Waals surface area contributed by atoms with Crippen molar-refractivity contribution in [2.24, 2.45) is 0 Å². The van der Waals surface area contributed by atoms with Gasteiger partial charge >= 0.3 is 0 Å². The third-order valence-electron chi connectivity index (χ3n) is 3.73. The third-order valence-corrected chi connectivity index (χ3v) is 3.73. The molecule has 0 aliphatic rings. The number of aryl methyl sites for hydroxylation is 3. The Hall–Kier alpha value is -1.81. The molecule has 2 aromatic rings. The van der Waals surface area contributed by atoms with Gasteiger partial charge in [0.25, 0.3) is 0 Å². The molecule has 0 bridgehead atoms. The van der Waals surface area contributed by atoms with Crippen LogP contribution in [-0.2, 0) is 13.0 Å². The van der Waals surface area contributed by atoms with Crippen molar-refractivity contribution in [3.8, 4) is 5.75 Å². The summed E-state index contributed by atoms with van der Waals surface area (Å²) in [7, 11) is 1.61. The first-order chi connectivity index (χ1) is 10.1. The van der Waals surface area contributed by atoms with Crippen LogP contribution in [0.3, 0.4) is 0 Å². The molecule has 2 rings (SSSR count). The molecule has 0 amide bonds. The average molecular weight is 288 g/mol. The van der Waals surface area contributed by atoms with Gasteiger partial charge in [0.05, 0.1) is 13.3 Å². The van der Waals surface area contributed by atoms with Gasteiger partial charge in [0.15, 0.2) is 5.75 Å². The van der Waals surface area contributed by atoms with Crippen LogP contribution < -0.4 is 4.74 Å². The van der Waals surface area contributed by atoms with Crippen LogP contribution in [-0.4, -0.2) is 22.0 Å². The van der Waals surface area contributed by atoms with Gasteiger partial charge in [-0.15, -0.1) is 0 Å². The molecule has 114 valence electrons. The van der Waals surface area contributed by atoms with Gasteiger partial charge in [-0.3, -0.25) is 4.68 Å². The summed E-state index contributed by atoms with van der Waals surface area (Å²) >= 11 is 0. The summed E-state index contributed by atoms with van der Waals surface area (Å²) in [6.07, 6.45) is 2.60. The number of benzene rings is 1. The molecule has 1 N–H and O–H groups in total. The van der Waals surface area contributed by atoms with Crippen LogP contribution in [0.5, 0.6) is 5.75 Å². The smallest absolute Gasteiger partial charge is 0.162 e. The number of ether oxygens (including phenoxy) is 1. The topological polar surface area (TPSA) is 47.3 Å². The minimum absolute atomic E-state index is 0.569. The van der Waals surface area contributed by atoms with Crippen molar-refractivity contribution in [3.05, 3.63) is 46.8 Å². The molecule has 0 saturated heterocycles. The Morgan fingerprint density at radius 3 is 2.76 bits per heavy atom. The second-order valence-electron chi connectivity index (χ2n) is 5.47. The normalized spacial score (nSPS) is 12.4. The summed E-state index contributed by atoms with van der Waals surface area (Å²) in [6.45, 7) is 7.01. The van der Waals surface area contributed by atoms with Crippen LogP contribution >= 0.6 is 0 Å². The first-order valence-electron chi connectivity index (χ1n) is 7.40. The summed E-state index contributed by atoms with van der Waals surface area (Å²) in [4.78, 5) is 0. The number of rotatable bonds is 6. The van der Waals surface area contributed by atoms with Crippen LogP contribution in [0.4, 0.5) is 0 Å². The Morgan fingerprint density at radius 2 is 2.10 bits per heavy atom. The van der Waals surface area contributed by atoms with E-state index < -0.39 is 6.10 Å². The number of aliphatic hydroxyl groups is 1. The second-order valence-corrected chi connectivity index (χ2v) is 5.47. The maximum absolute atomic E-state index is 10.7. The third kappa shape index (κ3) is 3.45. The molecule has 1 unspecified atom stereocenters. The Kier molecular flexibility index (Phi) is 5.02. The summed E-state index contributed by atoms with van der Waals surface area (Å²) in [5.41, 5.74) is 4.33. The highest BCUT2D eigenvalue weighted by Gasteiger charge is 2.20. The SMILES string of the molecule is CCCn1ncc(OC)c1C(O)Cc1cc(C)ccc1C. The van der Waals surface area contributed by atoms with Gasteiger partial charge in [0.2, 0.25) is 0 Å². The van der Waals surface area contributed by atoms with Crippen LogP contribution in [0.15, 0.2) is 24.4 Å². The second kappa shape index (κ2) is 6.76. The molecule has 1 aromatic heterocycles. The van der Waals surface area contributed by atoms with E-state index in [1.807, 2.05) is 4.68 Å².